The molecule has 0 spiro atoms. The van der Waals surface area contributed by atoms with Crippen molar-refractivity contribution in [3.63, 3.8) is 0 Å². The smallest absolute Gasteiger partial charge is 0.188 e. The van der Waals surface area contributed by atoms with Crippen LogP contribution in [0.15, 0.2) is 24.3 Å². The summed E-state index contributed by atoms with van der Waals surface area (Å²) in [6.07, 6.45) is 0. The number of anilines is 2. The van der Waals surface area contributed by atoms with E-state index in [4.69, 9.17) is 5.73 Å². The van der Waals surface area contributed by atoms with Gasteiger partial charge in [0, 0.05) is 37.6 Å². The number of tetrazole rings is 1. The van der Waals surface area contributed by atoms with Crippen molar-refractivity contribution in [3.8, 4) is 0 Å². The van der Waals surface area contributed by atoms with Crippen molar-refractivity contribution in [2.75, 3.05) is 36.8 Å². The second-order valence-corrected chi connectivity index (χ2v) is 5.05. The Balaban J connectivity index is 1.57. The van der Waals surface area contributed by atoms with Gasteiger partial charge in [-0.1, -0.05) is 6.07 Å². The fourth-order valence-corrected chi connectivity index (χ4v) is 2.47. The number of nitrogens with zero attached hydrogens (tertiary/aromatic N) is 6. The topological polar surface area (TPSA) is 76.1 Å². The average molecular weight is 273 g/mol. The van der Waals surface area contributed by atoms with Crippen molar-refractivity contribution in [1.82, 2.24) is 25.1 Å². The number of aryl methyl sites for hydroxylation is 1. The van der Waals surface area contributed by atoms with E-state index in [0.717, 1.165) is 44.2 Å². The quantitative estimate of drug-likeness (QED) is 0.800. The first-order chi connectivity index (χ1) is 9.70. The monoisotopic (exact) mass is 273 g/mol. The Kier molecular flexibility index (Phi) is 3.51. The van der Waals surface area contributed by atoms with Gasteiger partial charge in [-0.2, -0.15) is 4.80 Å². The van der Waals surface area contributed by atoms with Gasteiger partial charge in [0.05, 0.1) is 13.6 Å². The van der Waals surface area contributed by atoms with Gasteiger partial charge in [-0.3, -0.25) is 4.90 Å². The minimum Gasteiger partial charge on any atom is -0.399 e. The van der Waals surface area contributed by atoms with Gasteiger partial charge in [-0.15, -0.1) is 10.2 Å². The molecular weight excluding hydrogens is 254 g/mol. The number of nitrogens with two attached hydrogens (primary N) is 1. The Morgan fingerprint density at radius 1 is 1.20 bits per heavy atom. The first kappa shape index (κ1) is 12.9. The molecule has 106 valence electrons. The molecule has 1 aliphatic heterocycles. The first-order valence-electron chi connectivity index (χ1n) is 6.76. The van der Waals surface area contributed by atoms with E-state index in [-0.39, 0.29) is 0 Å². The molecule has 0 bridgehead atoms. The van der Waals surface area contributed by atoms with E-state index in [1.807, 2.05) is 18.2 Å². The largest absolute Gasteiger partial charge is 0.399 e. The second kappa shape index (κ2) is 5.46. The van der Waals surface area contributed by atoms with Crippen LogP contribution in [0.5, 0.6) is 0 Å². The van der Waals surface area contributed by atoms with Gasteiger partial charge in [0.2, 0.25) is 0 Å². The molecule has 0 radical (unpaired) electrons. The summed E-state index contributed by atoms with van der Waals surface area (Å²) < 4.78 is 0. The molecule has 2 heterocycles. The second-order valence-electron chi connectivity index (χ2n) is 5.05. The zero-order valence-corrected chi connectivity index (χ0v) is 11.6. The van der Waals surface area contributed by atoms with Crippen LogP contribution in [0.1, 0.15) is 5.82 Å². The molecule has 0 saturated carbocycles. The van der Waals surface area contributed by atoms with Gasteiger partial charge in [0.25, 0.3) is 0 Å². The van der Waals surface area contributed by atoms with Crippen LogP contribution in [0.2, 0.25) is 0 Å². The molecule has 0 atom stereocenters. The van der Waals surface area contributed by atoms with Crippen molar-refractivity contribution < 1.29 is 0 Å². The minimum absolute atomic E-state index is 0.763. The van der Waals surface area contributed by atoms with Crippen LogP contribution < -0.4 is 10.6 Å². The van der Waals surface area contributed by atoms with Crippen LogP contribution in [-0.4, -0.2) is 51.3 Å². The predicted molar refractivity (Wildman–Crippen MR) is 77.1 cm³/mol. The molecular formula is C13H19N7. The van der Waals surface area contributed by atoms with Crippen molar-refractivity contribution in [3.05, 3.63) is 30.1 Å². The van der Waals surface area contributed by atoms with Crippen molar-refractivity contribution in [2.45, 2.75) is 6.54 Å². The van der Waals surface area contributed by atoms with Crippen LogP contribution in [0, 0.1) is 0 Å². The van der Waals surface area contributed by atoms with Crippen LogP contribution in [0.4, 0.5) is 11.4 Å². The van der Waals surface area contributed by atoms with Gasteiger partial charge in [0.15, 0.2) is 5.82 Å². The molecule has 7 nitrogen and oxygen atoms in total. The highest BCUT2D eigenvalue weighted by molar-refractivity contribution is 5.56. The van der Waals surface area contributed by atoms with Crippen LogP contribution >= 0.6 is 0 Å². The highest BCUT2D eigenvalue weighted by atomic mass is 15.6. The maximum absolute atomic E-state index is 5.83. The lowest BCUT2D eigenvalue weighted by Crippen LogP contribution is -2.46. The average Bonchev–Trinajstić information content (AvgIpc) is 2.85. The molecule has 0 unspecified atom stereocenters. The third-order valence-corrected chi connectivity index (χ3v) is 3.52. The lowest BCUT2D eigenvalue weighted by atomic mass is 10.2. The molecule has 1 aromatic carbocycles. The Labute approximate surface area is 118 Å². The maximum Gasteiger partial charge on any atom is 0.188 e. The zero-order valence-electron chi connectivity index (χ0n) is 11.6. The number of aromatic nitrogens is 4. The summed E-state index contributed by atoms with van der Waals surface area (Å²) in [5.74, 6) is 0.782. The van der Waals surface area contributed by atoms with E-state index in [0.29, 0.717) is 0 Å². The first-order valence-corrected chi connectivity index (χ1v) is 6.76. The van der Waals surface area contributed by atoms with Gasteiger partial charge in [-0.05, 0) is 23.4 Å². The Morgan fingerprint density at radius 3 is 2.65 bits per heavy atom. The highest BCUT2D eigenvalue weighted by Crippen LogP contribution is 2.19. The number of nitrogen functional groups attached to an aromatic ring is 1. The van der Waals surface area contributed by atoms with Crippen molar-refractivity contribution in [2.24, 2.45) is 7.05 Å². The molecule has 1 aromatic heterocycles. The Hall–Kier alpha value is -2.15. The molecule has 2 N–H and O–H groups in total. The van der Waals surface area contributed by atoms with Gasteiger partial charge < -0.3 is 10.6 Å². The normalized spacial score (nSPS) is 16.6. The number of benzene rings is 1. The molecule has 0 aliphatic carbocycles. The molecule has 1 aliphatic rings. The SMILES string of the molecule is Cn1nnc(CN2CCN(c3cccc(N)c3)CC2)n1. The third-order valence-electron chi connectivity index (χ3n) is 3.52. The molecule has 1 fully saturated rings. The molecule has 2 aromatic rings. The maximum atomic E-state index is 5.83. The molecule has 0 amide bonds. The summed E-state index contributed by atoms with van der Waals surface area (Å²) in [6, 6.07) is 8.05. The fraction of sp³-hybridized carbons (Fsp3) is 0.462. The Bertz CT molecular complexity index is 572. The number of rotatable bonds is 3. The summed E-state index contributed by atoms with van der Waals surface area (Å²) in [6.45, 7) is 4.73. The number of hydrogen-bond donors (Lipinski definition) is 1. The molecule has 20 heavy (non-hydrogen) atoms. The van der Waals surface area contributed by atoms with Crippen LogP contribution in [0.3, 0.4) is 0 Å². The molecule has 7 heteroatoms. The highest BCUT2D eigenvalue weighted by Gasteiger charge is 2.18. The van der Waals surface area contributed by atoms with E-state index in [2.05, 4.69) is 31.3 Å². The fourth-order valence-electron chi connectivity index (χ4n) is 2.47. The van der Waals surface area contributed by atoms with E-state index in [1.54, 1.807) is 7.05 Å². The molecule has 1 saturated heterocycles. The molecule has 3 rings (SSSR count). The van der Waals surface area contributed by atoms with Crippen LogP contribution in [-0.2, 0) is 13.6 Å². The van der Waals surface area contributed by atoms with E-state index < -0.39 is 0 Å². The van der Waals surface area contributed by atoms with Crippen LogP contribution in [0.25, 0.3) is 0 Å². The van der Waals surface area contributed by atoms with E-state index in [9.17, 15) is 0 Å². The van der Waals surface area contributed by atoms with E-state index >= 15 is 0 Å². The standard InChI is InChI=1S/C13H19N7/c1-18-16-13(15-17-18)10-19-5-7-20(8-6-19)12-4-2-3-11(14)9-12/h2-4,9H,5-8,10,14H2,1H3. The van der Waals surface area contributed by atoms with Gasteiger partial charge in [-0.25, -0.2) is 0 Å². The summed E-state index contributed by atoms with van der Waals surface area (Å²) in [5, 5.41) is 12.1. The lowest BCUT2D eigenvalue weighted by Gasteiger charge is -2.35. The Morgan fingerprint density at radius 2 is 2.00 bits per heavy atom. The minimum atomic E-state index is 0.763. The third kappa shape index (κ3) is 2.88. The summed E-state index contributed by atoms with van der Waals surface area (Å²) in [4.78, 5) is 6.20. The zero-order chi connectivity index (χ0) is 13.9. The predicted octanol–water partition coefficient (Wildman–Crippen LogP) is 0.115. The van der Waals surface area contributed by atoms with Crippen molar-refractivity contribution in [1.29, 1.82) is 0 Å². The van der Waals surface area contributed by atoms with Gasteiger partial charge in [0.1, 0.15) is 0 Å². The summed E-state index contributed by atoms with van der Waals surface area (Å²) >= 11 is 0. The van der Waals surface area contributed by atoms with Crippen molar-refractivity contribution >= 4 is 11.4 Å². The number of hydrogen-bond acceptors (Lipinski definition) is 6. The lowest BCUT2D eigenvalue weighted by molar-refractivity contribution is 0.244. The van der Waals surface area contributed by atoms with Gasteiger partial charge >= 0.3 is 0 Å². The number of piperazine rings is 1. The summed E-state index contributed by atoms with van der Waals surface area (Å²) in [5.41, 5.74) is 7.84. The van der Waals surface area contributed by atoms with E-state index in [1.165, 1.54) is 10.5 Å². The summed E-state index contributed by atoms with van der Waals surface area (Å²) in [7, 11) is 1.79.